The van der Waals surface area contributed by atoms with Gasteiger partial charge in [-0.2, -0.15) is 13.2 Å². The highest BCUT2D eigenvalue weighted by molar-refractivity contribution is 5.98. The van der Waals surface area contributed by atoms with Crippen LogP contribution < -0.4 is 15.4 Å². The molecule has 3 N–H and O–H groups in total. The minimum absolute atomic E-state index is 0.0911. The van der Waals surface area contributed by atoms with Gasteiger partial charge >= 0.3 is 6.18 Å². The van der Waals surface area contributed by atoms with Crippen LogP contribution >= 0.6 is 0 Å². The molecule has 8 nitrogen and oxygen atoms in total. The first-order valence-corrected chi connectivity index (χ1v) is 14.5. The molecule has 0 radical (unpaired) electrons. The van der Waals surface area contributed by atoms with Gasteiger partial charge in [-0.15, -0.1) is 0 Å². The third-order valence-corrected chi connectivity index (χ3v) is 9.08. The average Bonchev–Trinajstić information content (AvgIpc) is 3.90. The highest BCUT2D eigenvalue weighted by Gasteiger charge is 2.55. The van der Waals surface area contributed by atoms with E-state index in [4.69, 9.17) is 9.47 Å². The predicted octanol–water partition coefficient (Wildman–Crippen LogP) is 5.02. The molecule has 4 aliphatic carbocycles. The first-order valence-electron chi connectivity index (χ1n) is 14.5. The number of aliphatic hydroxyl groups excluding tert-OH is 1. The number of fused-ring (bicyclic) bond motifs is 2. The van der Waals surface area contributed by atoms with E-state index in [1.807, 2.05) is 0 Å². The van der Waals surface area contributed by atoms with Gasteiger partial charge in [-0.25, -0.2) is 9.37 Å². The van der Waals surface area contributed by atoms with Gasteiger partial charge in [-0.3, -0.25) is 9.59 Å². The van der Waals surface area contributed by atoms with E-state index in [9.17, 15) is 32.3 Å². The molecule has 4 saturated carbocycles. The molecule has 4 atom stereocenters. The molecule has 1 heterocycles. The number of anilines is 1. The maximum absolute atomic E-state index is 13.9. The van der Waals surface area contributed by atoms with Crippen LogP contribution in [0.1, 0.15) is 60.0 Å². The van der Waals surface area contributed by atoms with Gasteiger partial charge in [-0.1, -0.05) is 11.6 Å². The average molecular weight is 604 g/mol. The highest BCUT2D eigenvalue weighted by Crippen LogP contribution is 2.54. The molecule has 1 aromatic heterocycles. The number of benzene rings is 1. The number of pyridine rings is 1. The van der Waals surface area contributed by atoms with Gasteiger partial charge in [0.25, 0.3) is 5.91 Å². The van der Waals surface area contributed by atoms with E-state index in [2.05, 4.69) is 21.7 Å². The number of carbonyl (C=O) groups is 2. The number of amides is 2. The van der Waals surface area contributed by atoms with Crippen molar-refractivity contribution in [3.63, 3.8) is 0 Å². The van der Waals surface area contributed by atoms with E-state index in [1.54, 1.807) is 6.07 Å². The van der Waals surface area contributed by atoms with Crippen LogP contribution in [0.4, 0.5) is 23.2 Å². The van der Waals surface area contributed by atoms with E-state index in [0.29, 0.717) is 23.6 Å². The van der Waals surface area contributed by atoms with E-state index in [0.717, 1.165) is 50.2 Å². The zero-order valence-electron chi connectivity index (χ0n) is 23.5. The van der Waals surface area contributed by atoms with Crippen LogP contribution in [-0.4, -0.2) is 47.3 Å². The quantitative estimate of drug-likeness (QED) is 0.260. The Morgan fingerprint density at radius 1 is 1.14 bits per heavy atom. The number of aliphatic hydroxyl groups is 1. The van der Waals surface area contributed by atoms with Crippen LogP contribution in [0, 0.1) is 29.5 Å². The number of hydrogen-bond acceptors (Lipinski definition) is 6. The molecule has 4 fully saturated rings. The van der Waals surface area contributed by atoms with Crippen LogP contribution in [0.2, 0.25) is 0 Å². The molecular formula is C31H33F4N3O5. The zero-order chi connectivity index (χ0) is 30.5. The summed E-state index contributed by atoms with van der Waals surface area (Å²) in [6, 6.07) is 3.35. The number of methoxy groups -OCH3 is 1. The summed E-state index contributed by atoms with van der Waals surface area (Å²) in [5.74, 6) is -2.96. The zero-order valence-corrected chi connectivity index (χ0v) is 23.5. The summed E-state index contributed by atoms with van der Waals surface area (Å²) in [5.41, 5.74) is -0.322. The van der Waals surface area contributed by atoms with Gasteiger partial charge in [0.1, 0.15) is 11.4 Å². The topological polar surface area (TPSA) is 110 Å². The Morgan fingerprint density at radius 2 is 1.88 bits per heavy atom. The minimum atomic E-state index is -4.92. The van der Waals surface area contributed by atoms with Gasteiger partial charge in [0, 0.05) is 23.8 Å². The van der Waals surface area contributed by atoms with Crippen molar-refractivity contribution in [2.75, 3.05) is 19.0 Å². The molecule has 12 heteroatoms. The molecule has 0 spiro atoms. The van der Waals surface area contributed by atoms with Crippen molar-refractivity contribution in [1.29, 1.82) is 0 Å². The summed E-state index contributed by atoms with van der Waals surface area (Å²) in [4.78, 5) is 31.6. The summed E-state index contributed by atoms with van der Waals surface area (Å²) in [7, 11) is 1.39. The second-order valence-corrected chi connectivity index (χ2v) is 12.0. The van der Waals surface area contributed by atoms with Gasteiger partial charge in [-0.05, 0) is 80.2 Å². The Hall–Kier alpha value is -3.51. The summed E-state index contributed by atoms with van der Waals surface area (Å²) in [6.07, 6.45) is 3.91. The fourth-order valence-corrected chi connectivity index (χ4v) is 6.46. The number of carbonyl (C=O) groups excluding carboxylic acids is 2. The molecule has 2 amide bonds. The molecule has 0 saturated heterocycles. The third-order valence-electron chi connectivity index (χ3n) is 9.08. The van der Waals surface area contributed by atoms with E-state index < -0.39 is 46.9 Å². The van der Waals surface area contributed by atoms with Crippen LogP contribution in [0.15, 0.2) is 42.1 Å². The van der Waals surface area contributed by atoms with Gasteiger partial charge in [0.2, 0.25) is 11.8 Å². The number of nitrogens with zero attached hydrogens (tertiary/aromatic N) is 1. The third kappa shape index (κ3) is 5.99. The SMILES string of the molecule is COc1ncc(COC2(CO)CC2)cc1C(=O)N[C@@H]1C2CCC(/C2=C/C2CC2)[C@@H]1C(=O)Nc1ccc(F)c(C(F)(F)F)c1. The van der Waals surface area contributed by atoms with Crippen molar-refractivity contribution in [2.45, 2.75) is 63.0 Å². The first kappa shape index (κ1) is 29.6. The molecule has 1 aromatic carbocycles. The Kier molecular flexibility index (Phi) is 7.70. The summed E-state index contributed by atoms with van der Waals surface area (Å²) >= 11 is 0. The Labute approximate surface area is 245 Å². The molecule has 0 aliphatic heterocycles. The number of allylic oxidation sites excluding steroid dienone is 1. The molecule has 43 heavy (non-hydrogen) atoms. The Balaban J connectivity index is 1.25. The van der Waals surface area contributed by atoms with Gasteiger partial charge in [0.05, 0.1) is 37.4 Å². The lowest BCUT2D eigenvalue weighted by Gasteiger charge is -2.30. The first-order chi connectivity index (χ1) is 20.5. The van der Waals surface area contributed by atoms with Crippen molar-refractivity contribution >= 4 is 17.5 Å². The summed E-state index contributed by atoms with van der Waals surface area (Å²) in [5, 5.41) is 15.1. The summed E-state index contributed by atoms with van der Waals surface area (Å²) < 4.78 is 65.0. The maximum Gasteiger partial charge on any atom is 0.419 e. The summed E-state index contributed by atoms with van der Waals surface area (Å²) in [6.45, 7) is 0.0482. The Bertz CT molecular complexity index is 1450. The van der Waals surface area contributed by atoms with Gasteiger partial charge in [0.15, 0.2) is 0 Å². The largest absolute Gasteiger partial charge is 0.480 e. The van der Waals surface area contributed by atoms with Crippen molar-refractivity contribution in [3.05, 3.63) is 64.6 Å². The number of rotatable bonds is 10. The lowest BCUT2D eigenvalue weighted by Crippen LogP contribution is -2.48. The molecular weight excluding hydrogens is 570 g/mol. The van der Waals surface area contributed by atoms with Crippen molar-refractivity contribution in [2.24, 2.45) is 23.7 Å². The molecule has 2 aromatic rings. The fourth-order valence-electron chi connectivity index (χ4n) is 6.46. The second kappa shape index (κ2) is 11.2. The monoisotopic (exact) mass is 603 g/mol. The van der Waals surface area contributed by atoms with Crippen LogP contribution in [0.5, 0.6) is 5.88 Å². The normalized spacial score (nSPS) is 26.4. The number of aromatic nitrogens is 1. The Morgan fingerprint density at radius 3 is 2.53 bits per heavy atom. The molecule has 2 bridgehead atoms. The highest BCUT2D eigenvalue weighted by atomic mass is 19.4. The minimum Gasteiger partial charge on any atom is -0.480 e. The van der Waals surface area contributed by atoms with Gasteiger partial charge < -0.3 is 25.2 Å². The van der Waals surface area contributed by atoms with Crippen molar-refractivity contribution in [3.8, 4) is 5.88 Å². The standard InChI is InChI=1S/C31H33F4N3O5/c1-42-29-22(11-17(13-36-29)14-43-30(15-39)8-9-30)27(40)38-26-20-6-5-19(21(20)10-16-2-3-16)25(26)28(41)37-18-4-7-24(32)23(12-18)31(33,34)35/h4,7,10-13,16,19-20,25-26,39H,2-3,5-6,8-9,14-15H2,1H3,(H,37,41)(H,38,40)/b21-10-/t19?,20?,25-,26+/m0/s1. The molecule has 2 unspecified atom stereocenters. The molecule has 6 rings (SSSR count). The number of ether oxygens (including phenoxy) is 2. The van der Waals surface area contributed by atoms with E-state index in [1.165, 1.54) is 13.3 Å². The lowest BCUT2D eigenvalue weighted by atomic mass is 9.83. The number of hydrogen-bond donors (Lipinski definition) is 3. The van der Waals surface area contributed by atoms with E-state index in [-0.39, 0.29) is 42.2 Å². The van der Waals surface area contributed by atoms with Crippen LogP contribution in [0.25, 0.3) is 0 Å². The number of nitrogens with one attached hydrogen (secondary N) is 2. The fraction of sp³-hybridized carbons (Fsp3) is 0.516. The molecule has 4 aliphatic rings. The maximum atomic E-state index is 13.9. The molecule has 230 valence electrons. The van der Waals surface area contributed by atoms with E-state index >= 15 is 0 Å². The lowest BCUT2D eigenvalue weighted by molar-refractivity contribution is -0.140. The smallest absolute Gasteiger partial charge is 0.419 e. The van der Waals surface area contributed by atoms with Crippen molar-refractivity contribution in [1.82, 2.24) is 10.3 Å². The predicted molar refractivity (Wildman–Crippen MR) is 146 cm³/mol. The van der Waals surface area contributed by atoms with Crippen LogP contribution in [-0.2, 0) is 22.3 Å². The van der Waals surface area contributed by atoms with Crippen molar-refractivity contribution < 1.29 is 41.7 Å². The number of alkyl halides is 3. The second-order valence-electron chi connectivity index (χ2n) is 12.0. The van der Waals surface area contributed by atoms with Crippen LogP contribution in [0.3, 0.4) is 0 Å². The number of halogens is 4.